The molecule has 2 heteroatoms. The van der Waals surface area contributed by atoms with Crippen LogP contribution in [0, 0.1) is 5.92 Å². The largest absolute Gasteiger partial charge is 0.390 e. The average Bonchev–Trinajstić information content (AvgIpc) is 2.54. The van der Waals surface area contributed by atoms with Crippen molar-refractivity contribution in [3.8, 4) is 0 Å². The van der Waals surface area contributed by atoms with Gasteiger partial charge >= 0.3 is 0 Å². The van der Waals surface area contributed by atoms with Crippen molar-refractivity contribution in [1.29, 1.82) is 0 Å². The molecular formula is C11H20OS. The van der Waals surface area contributed by atoms with Crippen LogP contribution in [-0.4, -0.2) is 22.2 Å². The van der Waals surface area contributed by atoms with Crippen molar-refractivity contribution in [3.05, 3.63) is 0 Å². The molecule has 1 aliphatic carbocycles. The van der Waals surface area contributed by atoms with E-state index in [9.17, 15) is 5.11 Å². The van der Waals surface area contributed by atoms with E-state index < -0.39 is 0 Å². The second-order valence-electron chi connectivity index (χ2n) is 4.69. The molecule has 0 unspecified atom stereocenters. The van der Waals surface area contributed by atoms with E-state index in [-0.39, 0.29) is 5.60 Å². The maximum absolute atomic E-state index is 10.2. The van der Waals surface area contributed by atoms with Crippen molar-refractivity contribution in [2.24, 2.45) is 5.92 Å². The Morgan fingerprint density at radius 3 is 2.38 bits per heavy atom. The molecule has 0 bridgehead atoms. The Balaban J connectivity index is 1.81. The molecule has 0 atom stereocenters. The van der Waals surface area contributed by atoms with E-state index in [0.29, 0.717) is 0 Å². The van der Waals surface area contributed by atoms with Gasteiger partial charge in [0.2, 0.25) is 0 Å². The van der Waals surface area contributed by atoms with Gasteiger partial charge in [0.1, 0.15) is 0 Å². The van der Waals surface area contributed by atoms with Crippen LogP contribution in [0.25, 0.3) is 0 Å². The summed E-state index contributed by atoms with van der Waals surface area (Å²) in [5.41, 5.74) is -0.257. The third-order valence-corrected chi connectivity index (χ3v) is 4.59. The van der Waals surface area contributed by atoms with E-state index in [1.54, 1.807) is 0 Å². The Hall–Kier alpha value is 0.310. The molecule has 1 heterocycles. The molecular weight excluding hydrogens is 180 g/mol. The Morgan fingerprint density at radius 1 is 1.15 bits per heavy atom. The maximum atomic E-state index is 10.2. The summed E-state index contributed by atoms with van der Waals surface area (Å²) >= 11 is 2.07. The number of rotatable bonds is 2. The summed E-state index contributed by atoms with van der Waals surface area (Å²) in [6.07, 6.45) is 8.40. The summed E-state index contributed by atoms with van der Waals surface area (Å²) in [4.78, 5) is 0. The molecule has 1 saturated heterocycles. The summed E-state index contributed by atoms with van der Waals surface area (Å²) < 4.78 is 0. The second-order valence-corrected chi connectivity index (χ2v) is 5.92. The van der Waals surface area contributed by atoms with E-state index in [4.69, 9.17) is 0 Å². The van der Waals surface area contributed by atoms with E-state index >= 15 is 0 Å². The lowest BCUT2D eigenvalue weighted by Crippen LogP contribution is -2.29. The summed E-state index contributed by atoms with van der Waals surface area (Å²) in [7, 11) is 0. The van der Waals surface area contributed by atoms with Gasteiger partial charge < -0.3 is 5.11 Å². The van der Waals surface area contributed by atoms with Crippen LogP contribution in [0.1, 0.15) is 44.9 Å². The molecule has 1 N–H and O–H groups in total. The highest BCUT2D eigenvalue weighted by Crippen LogP contribution is 2.38. The molecule has 0 aromatic carbocycles. The van der Waals surface area contributed by atoms with Gasteiger partial charge in [-0.2, -0.15) is 11.8 Å². The molecule has 0 spiro atoms. The van der Waals surface area contributed by atoms with E-state index in [2.05, 4.69) is 11.8 Å². The van der Waals surface area contributed by atoms with Crippen LogP contribution < -0.4 is 0 Å². The summed E-state index contributed by atoms with van der Waals surface area (Å²) in [5, 5.41) is 10.2. The Morgan fingerprint density at radius 2 is 1.77 bits per heavy atom. The van der Waals surface area contributed by atoms with Gasteiger partial charge in [-0.05, 0) is 49.5 Å². The summed E-state index contributed by atoms with van der Waals surface area (Å²) in [6, 6.07) is 0. The first-order valence-corrected chi connectivity index (χ1v) is 6.74. The van der Waals surface area contributed by atoms with Crippen LogP contribution in [-0.2, 0) is 0 Å². The fraction of sp³-hybridized carbons (Fsp3) is 1.00. The normalized spacial score (nSPS) is 29.3. The van der Waals surface area contributed by atoms with Crippen LogP contribution >= 0.6 is 11.8 Å². The molecule has 13 heavy (non-hydrogen) atoms. The lowest BCUT2D eigenvalue weighted by Gasteiger charge is -2.30. The zero-order valence-electron chi connectivity index (χ0n) is 8.30. The van der Waals surface area contributed by atoms with Gasteiger partial charge in [0.15, 0.2) is 0 Å². The Kier molecular flexibility index (Phi) is 3.20. The van der Waals surface area contributed by atoms with Crippen molar-refractivity contribution in [2.75, 3.05) is 11.5 Å². The lowest BCUT2D eigenvalue weighted by atomic mass is 9.86. The first kappa shape index (κ1) is 9.85. The van der Waals surface area contributed by atoms with Gasteiger partial charge in [-0.25, -0.2) is 0 Å². The predicted octanol–water partition coefficient (Wildman–Crippen LogP) is 2.82. The van der Waals surface area contributed by atoms with Crippen LogP contribution in [0.3, 0.4) is 0 Å². The highest BCUT2D eigenvalue weighted by molar-refractivity contribution is 7.99. The lowest BCUT2D eigenvalue weighted by molar-refractivity contribution is 0.0209. The highest BCUT2D eigenvalue weighted by atomic mass is 32.2. The van der Waals surface area contributed by atoms with Crippen molar-refractivity contribution in [3.63, 3.8) is 0 Å². The molecule has 1 nitrogen and oxygen atoms in total. The molecule has 1 aliphatic heterocycles. The van der Waals surface area contributed by atoms with Crippen molar-refractivity contribution in [1.82, 2.24) is 0 Å². The minimum absolute atomic E-state index is 0.257. The predicted molar refractivity (Wildman–Crippen MR) is 58.1 cm³/mol. The maximum Gasteiger partial charge on any atom is 0.0650 e. The summed E-state index contributed by atoms with van der Waals surface area (Å²) in [6.45, 7) is 0. The Labute approximate surface area is 85.3 Å². The molecule has 2 aliphatic rings. The molecule has 0 aromatic rings. The van der Waals surface area contributed by atoms with Crippen molar-refractivity contribution < 1.29 is 5.11 Å². The van der Waals surface area contributed by atoms with Gasteiger partial charge in [0, 0.05) is 0 Å². The third kappa shape index (κ3) is 2.63. The molecule has 0 radical (unpaired) electrons. The number of hydrogen-bond acceptors (Lipinski definition) is 2. The van der Waals surface area contributed by atoms with E-state index in [0.717, 1.165) is 25.2 Å². The first-order chi connectivity index (χ1) is 6.29. The van der Waals surface area contributed by atoms with Crippen LogP contribution in [0.5, 0.6) is 0 Å². The summed E-state index contributed by atoms with van der Waals surface area (Å²) in [5.74, 6) is 3.46. The SMILES string of the molecule is OC1(CC2CCSCC2)CCCC1. The van der Waals surface area contributed by atoms with Gasteiger partial charge in [0.05, 0.1) is 5.60 Å². The quantitative estimate of drug-likeness (QED) is 0.739. The molecule has 76 valence electrons. The standard InChI is InChI=1S/C11H20OS/c12-11(5-1-2-6-11)9-10-3-7-13-8-4-10/h10,12H,1-9H2. The van der Waals surface area contributed by atoms with Crippen molar-refractivity contribution in [2.45, 2.75) is 50.5 Å². The molecule has 2 fully saturated rings. The zero-order valence-corrected chi connectivity index (χ0v) is 9.11. The zero-order chi connectivity index (χ0) is 9.15. The fourth-order valence-corrected chi connectivity index (χ4v) is 3.93. The van der Waals surface area contributed by atoms with Gasteiger partial charge in [0.25, 0.3) is 0 Å². The molecule has 0 aromatic heterocycles. The van der Waals surface area contributed by atoms with E-state index in [1.165, 1.54) is 37.2 Å². The van der Waals surface area contributed by atoms with Crippen LogP contribution in [0.2, 0.25) is 0 Å². The first-order valence-electron chi connectivity index (χ1n) is 5.59. The smallest absolute Gasteiger partial charge is 0.0650 e. The topological polar surface area (TPSA) is 20.2 Å². The molecule has 1 saturated carbocycles. The third-order valence-electron chi connectivity index (χ3n) is 3.54. The minimum Gasteiger partial charge on any atom is -0.390 e. The van der Waals surface area contributed by atoms with Gasteiger partial charge in [-0.3, -0.25) is 0 Å². The number of aliphatic hydroxyl groups is 1. The van der Waals surface area contributed by atoms with Crippen molar-refractivity contribution >= 4 is 11.8 Å². The average molecular weight is 200 g/mol. The molecule has 0 amide bonds. The fourth-order valence-electron chi connectivity index (χ4n) is 2.73. The van der Waals surface area contributed by atoms with Gasteiger partial charge in [-0.1, -0.05) is 12.8 Å². The van der Waals surface area contributed by atoms with Gasteiger partial charge in [-0.15, -0.1) is 0 Å². The minimum atomic E-state index is -0.257. The number of thioether (sulfide) groups is 1. The van der Waals surface area contributed by atoms with Crippen LogP contribution in [0.15, 0.2) is 0 Å². The molecule has 2 rings (SSSR count). The second kappa shape index (κ2) is 4.22. The number of hydrogen-bond donors (Lipinski definition) is 1. The van der Waals surface area contributed by atoms with Crippen LogP contribution in [0.4, 0.5) is 0 Å². The van der Waals surface area contributed by atoms with E-state index in [1.807, 2.05) is 0 Å². The monoisotopic (exact) mass is 200 g/mol. The highest BCUT2D eigenvalue weighted by Gasteiger charge is 2.33. The Bertz CT molecular complexity index is 157.